The SMILES string of the molecule is COCCOc1cc(NC(=O)c2cnn(-c3ccc(Cl)cc3)c2C(C)C)ccc1OC. The van der Waals surface area contributed by atoms with E-state index in [2.05, 4.69) is 10.4 Å². The maximum Gasteiger partial charge on any atom is 0.259 e. The minimum absolute atomic E-state index is 0.0720. The molecule has 1 heterocycles. The number of methoxy groups -OCH3 is 2. The summed E-state index contributed by atoms with van der Waals surface area (Å²) in [4.78, 5) is 13.1. The van der Waals surface area contributed by atoms with Crippen LogP contribution in [0.5, 0.6) is 11.5 Å². The van der Waals surface area contributed by atoms with Gasteiger partial charge < -0.3 is 19.5 Å². The van der Waals surface area contributed by atoms with Crippen LogP contribution in [-0.2, 0) is 4.74 Å². The molecule has 31 heavy (non-hydrogen) atoms. The zero-order valence-electron chi connectivity index (χ0n) is 18.0. The number of carbonyl (C=O) groups is 1. The van der Waals surface area contributed by atoms with Crippen LogP contribution in [0.3, 0.4) is 0 Å². The summed E-state index contributed by atoms with van der Waals surface area (Å²) in [6.07, 6.45) is 1.58. The van der Waals surface area contributed by atoms with Crippen LogP contribution < -0.4 is 14.8 Å². The highest BCUT2D eigenvalue weighted by Crippen LogP contribution is 2.31. The van der Waals surface area contributed by atoms with Crippen LogP contribution in [0.15, 0.2) is 48.7 Å². The highest BCUT2D eigenvalue weighted by atomic mass is 35.5. The number of aromatic nitrogens is 2. The number of anilines is 1. The van der Waals surface area contributed by atoms with Gasteiger partial charge in [-0.2, -0.15) is 5.10 Å². The highest BCUT2D eigenvalue weighted by molar-refractivity contribution is 6.30. The van der Waals surface area contributed by atoms with Crippen molar-refractivity contribution < 1.29 is 19.0 Å². The van der Waals surface area contributed by atoms with Gasteiger partial charge in [-0.1, -0.05) is 25.4 Å². The topological polar surface area (TPSA) is 74.6 Å². The van der Waals surface area contributed by atoms with Gasteiger partial charge in [-0.15, -0.1) is 0 Å². The molecule has 3 aromatic rings. The highest BCUT2D eigenvalue weighted by Gasteiger charge is 2.21. The summed E-state index contributed by atoms with van der Waals surface area (Å²) in [6.45, 7) is 4.86. The summed E-state index contributed by atoms with van der Waals surface area (Å²) in [5.41, 5.74) is 2.74. The van der Waals surface area contributed by atoms with Gasteiger partial charge in [-0.05, 0) is 42.3 Å². The Bertz CT molecular complexity index is 1030. The Morgan fingerprint density at radius 1 is 1.10 bits per heavy atom. The predicted molar refractivity (Wildman–Crippen MR) is 121 cm³/mol. The predicted octanol–water partition coefficient (Wildman–Crippen LogP) is 4.94. The minimum Gasteiger partial charge on any atom is -0.493 e. The molecule has 0 aliphatic rings. The molecule has 0 saturated heterocycles. The van der Waals surface area contributed by atoms with Crippen LogP contribution in [0.25, 0.3) is 5.69 Å². The summed E-state index contributed by atoms with van der Waals surface area (Å²) < 4.78 is 17.8. The van der Waals surface area contributed by atoms with Crippen LogP contribution in [0.2, 0.25) is 5.02 Å². The average Bonchev–Trinajstić information content (AvgIpc) is 3.20. The number of nitrogens with one attached hydrogen (secondary N) is 1. The first-order valence-electron chi connectivity index (χ1n) is 9.89. The number of halogens is 1. The van der Waals surface area contributed by atoms with Gasteiger partial charge in [-0.3, -0.25) is 4.79 Å². The third kappa shape index (κ3) is 5.37. The Morgan fingerprint density at radius 2 is 1.84 bits per heavy atom. The number of ether oxygens (including phenoxy) is 3. The average molecular weight is 444 g/mol. The van der Waals surface area contributed by atoms with Gasteiger partial charge >= 0.3 is 0 Å². The first-order chi connectivity index (χ1) is 14.9. The first-order valence-corrected chi connectivity index (χ1v) is 10.3. The fourth-order valence-corrected chi connectivity index (χ4v) is 3.30. The second-order valence-electron chi connectivity index (χ2n) is 7.15. The van der Waals surface area contributed by atoms with Crippen LogP contribution in [0.1, 0.15) is 35.8 Å². The zero-order chi connectivity index (χ0) is 22.4. The van der Waals surface area contributed by atoms with Gasteiger partial charge in [0.1, 0.15) is 6.61 Å². The van der Waals surface area contributed by atoms with E-state index in [1.54, 1.807) is 55.4 Å². The molecule has 1 aromatic heterocycles. The summed E-state index contributed by atoms with van der Waals surface area (Å²) in [5, 5.41) is 8.02. The minimum atomic E-state index is -0.253. The lowest BCUT2D eigenvalue weighted by Crippen LogP contribution is -2.15. The molecule has 0 saturated carbocycles. The molecule has 0 aliphatic carbocycles. The number of carbonyl (C=O) groups excluding carboxylic acids is 1. The van der Waals surface area contributed by atoms with Crippen LogP contribution in [-0.4, -0.2) is 43.1 Å². The molecule has 0 unspecified atom stereocenters. The second kappa shape index (κ2) is 10.3. The standard InChI is InChI=1S/C23H26ClN3O4/c1-15(2)22-19(14-25-27(22)18-8-5-16(24)6-9-18)23(28)26-17-7-10-20(30-4)21(13-17)31-12-11-29-3/h5-10,13-15H,11-12H2,1-4H3,(H,26,28). The van der Waals surface area contributed by atoms with E-state index in [1.165, 1.54) is 0 Å². The van der Waals surface area contributed by atoms with E-state index in [-0.39, 0.29) is 11.8 Å². The Hall–Kier alpha value is -3.03. The lowest BCUT2D eigenvalue weighted by atomic mass is 10.0. The van der Waals surface area contributed by atoms with Crippen molar-refractivity contribution >= 4 is 23.2 Å². The first kappa shape index (κ1) is 22.7. The number of benzene rings is 2. The molecule has 7 nitrogen and oxygen atoms in total. The van der Waals surface area contributed by atoms with Gasteiger partial charge in [0.15, 0.2) is 11.5 Å². The zero-order valence-corrected chi connectivity index (χ0v) is 18.8. The van der Waals surface area contributed by atoms with Crippen LogP contribution in [0.4, 0.5) is 5.69 Å². The van der Waals surface area contributed by atoms with Crippen molar-refractivity contribution in [2.75, 3.05) is 32.8 Å². The number of rotatable bonds is 9. The molecule has 0 bridgehead atoms. The molecule has 0 radical (unpaired) electrons. The molecule has 164 valence electrons. The maximum absolute atomic E-state index is 13.1. The van der Waals surface area contributed by atoms with E-state index >= 15 is 0 Å². The van der Waals surface area contributed by atoms with Crippen LogP contribution >= 0.6 is 11.6 Å². The molecule has 1 N–H and O–H groups in total. The van der Waals surface area contributed by atoms with Crippen molar-refractivity contribution in [1.82, 2.24) is 9.78 Å². The number of amides is 1. The van der Waals surface area contributed by atoms with E-state index in [0.29, 0.717) is 41.0 Å². The molecule has 0 aliphatic heterocycles. The smallest absolute Gasteiger partial charge is 0.259 e. The Kier molecular flexibility index (Phi) is 7.55. The van der Waals surface area contributed by atoms with E-state index in [1.807, 2.05) is 26.0 Å². The fraction of sp³-hybridized carbons (Fsp3) is 0.304. The third-order valence-corrected chi connectivity index (χ3v) is 4.89. The van der Waals surface area contributed by atoms with E-state index < -0.39 is 0 Å². The normalized spacial score (nSPS) is 10.9. The maximum atomic E-state index is 13.1. The van der Waals surface area contributed by atoms with Crippen molar-refractivity contribution in [3.8, 4) is 17.2 Å². The molecule has 0 atom stereocenters. The molecule has 0 fully saturated rings. The Balaban J connectivity index is 1.86. The van der Waals surface area contributed by atoms with Gasteiger partial charge in [0, 0.05) is 23.9 Å². The van der Waals surface area contributed by atoms with E-state index in [4.69, 9.17) is 25.8 Å². The third-order valence-electron chi connectivity index (χ3n) is 4.64. The largest absolute Gasteiger partial charge is 0.493 e. The second-order valence-corrected chi connectivity index (χ2v) is 7.58. The van der Waals surface area contributed by atoms with E-state index in [0.717, 1.165) is 11.4 Å². The molecule has 2 aromatic carbocycles. The Labute approximate surface area is 186 Å². The quantitative estimate of drug-likeness (QED) is 0.474. The monoisotopic (exact) mass is 443 g/mol. The van der Waals surface area contributed by atoms with Gasteiger partial charge in [0.2, 0.25) is 0 Å². The van der Waals surface area contributed by atoms with Crippen molar-refractivity contribution in [3.05, 3.63) is 64.9 Å². The van der Waals surface area contributed by atoms with Gasteiger partial charge in [0.25, 0.3) is 5.91 Å². The summed E-state index contributed by atoms with van der Waals surface area (Å²) in [5.74, 6) is 0.922. The van der Waals surface area contributed by atoms with Crippen molar-refractivity contribution in [3.63, 3.8) is 0 Å². The lowest BCUT2D eigenvalue weighted by molar-refractivity contribution is 0.102. The number of hydrogen-bond donors (Lipinski definition) is 1. The summed E-state index contributed by atoms with van der Waals surface area (Å²) in [7, 11) is 3.17. The van der Waals surface area contributed by atoms with Crippen molar-refractivity contribution in [2.45, 2.75) is 19.8 Å². The Morgan fingerprint density at radius 3 is 2.48 bits per heavy atom. The van der Waals surface area contributed by atoms with Crippen molar-refractivity contribution in [2.24, 2.45) is 0 Å². The van der Waals surface area contributed by atoms with Crippen molar-refractivity contribution in [1.29, 1.82) is 0 Å². The fourth-order valence-electron chi connectivity index (χ4n) is 3.18. The van der Waals surface area contributed by atoms with Crippen LogP contribution in [0, 0.1) is 0 Å². The molecular formula is C23H26ClN3O4. The lowest BCUT2D eigenvalue weighted by Gasteiger charge is -2.14. The molecule has 8 heteroatoms. The molecular weight excluding hydrogens is 418 g/mol. The summed E-state index contributed by atoms with van der Waals surface area (Å²) >= 11 is 6.00. The molecule has 1 amide bonds. The van der Waals surface area contributed by atoms with Gasteiger partial charge in [-0.25, -0.2) is 4.68 Å². The molecule has 0 spiro atoms. The van der Waals surface area contributed by atoms with Gasteiger partial charge in [0.05, 0.1) is 36.9 Å². The van der Waals surface area contributed by atoms with E-state index in [9.17, 15) is 4.79 Å². The number of hydrogen-bond acceptors (Lipinski definition) is 5. The summed E-state index contributed by atoms with van der Waals surface area (Å²) in [6, 6.07) is 12.6. The number of nitrogens with zero attached hydrogens (tertiary/aromatic N) is 2. The molecule has 3 rings (SSSR count).